The summed E-state index contributed by atoms with van der Waals surface area (Å²) in [6.45, 7) is 2.04. The van der Waals surface area contributed by atoms with Gasteiger partial charge in [0.05, 0.1) is 11.4 Å². The number of ketones is 1. The first kappa shape index (κ1) is 18.0. The van der Waals surface area contributed by atoms with Crippen LogP contribution in [0.5, 0.6) is 0 Å². The molecule has 1 aromatic carbocycles. The molecule has 2 aliphatic carbocycles. The van der Waals surface area contributed by atoms with Crippen molar-refractivity contribution in [1.82, 2.24) is 9.55 Å². The largest absolute Gasteiger partial charge is 0.288 e. The predicted molar refractivity (Wildman–Crippen MR) is 109 cm³/mol. The number of hydrogen-bond acceptors (Lipinski definition) is 4. The zero-order chi connectivity index (χ0) is 18.8. The smallest absolute Gasteiger partial charge is 0.270 e. The van der Waals surface area contributed by atoms with Crippen LogP contribution in [0.4, 0.5) is 0 Å². The minimum absolute atomic E-state index is 0.161. The maximum absolute atomic E-state index is 13.5. The summed E-state index contributed by atoms with van der Waals surface area (Å²) < 4.78 is 1.60. The molecule has 2 aromatic rings. The number of nitrogens with zero attached hydrogens (tertiary/aromatic N) is 2. The van der Waals surface area contributed by atoms with Crippen molar-refractivity contribution in [1.29, 1.82) is 0 Å². The fourth-order valence-electron chi connectivity index (χ4n) is 3.77. The van der Waals surface area contributed by atoms with Crippen LogP contribution >= 0.6 is 11.8 Å². The Labute approximate surface area is 163 Å². The Hall–Kier alpha value is -2.40. The van der Waals surface area contributed by atoms with Crippen LogP contribution in [0.25, 0.3) is 5.69 Å². The predicted octanol–water partition coefficient (Wildman–Crippen LogP) is 4.51. The van der Waals surface area contributed by atoms with Crippen LogP contribution < -0.4 is 5.56 Å². The topological polar surface area (TPSA) is 52.0 Å². The molecule has 0 radical (unpaired) electrons. The minimum atomic E-state index is -0.250. The van der Waals surface area contributed by atoms with Crippen molar-refractivity contribution in [3.8, 4) is 5.69 Å². The quantitative estimate of drug-likeness (QED) is 0.582. The van der Waals surface area contributed by atoms with Gasteiger partial charge < -0.3 is 0 Å². The SMILES string of the molecule is CCSc1nc2c(c(=O)n1-c1ccccc1)C(=O)C1=CCCC=C1CCC2. The molecule has 0 N–H and O–H groups in total. The summed E-state index contributed by atoms with van der Waals surface area (Å²) in [5, 5.41) is 0.661. The Morgan fingerprint density at radius 1 is 1.07 bits per heavy atom. The molecule has 0 saturated heterocycles. The summed E-state index contributed by atoms with van der Waals surface area (Å²) in [6.07, 6.45) is 8.41. The normalized spacial score (nSPS) is 16.6. The number of benzene rings is 1. The highest BCUT2D eigenvalue weighted by Crippen LogP contribution is 2.30. The van der Waals surface area contributed by atoms with Gasteiger partial charge in [-0.2, -0.15) is 0 Å². The molecule has 0 amide bonds. The minimum Gasteiger partial charge on any atom is -0.288 e. The fraction of sp³-hybridized carbons (Fsp3) is 0.318. The van der Waals surface area contributed by atoms with Crippen LogP contribution in [0, 0.1) is 0 Å². The zero-order valence-electron chi connectivity index (χ0n) is 15.4. The van der Waals surface area contributed by atoms with E-state index in [1.165, 1.54) is 11.8 Å². The Kier molecular flexibility index (Phi) is 5.12. The van der Waals surface area contributed by atoms with E-state index in [2.05, 4.69) is 6.08 Å². The van der Waals surface area contributed by atoms with Gasteiger partial charge in [0.1, 0.15) is 5.56 Å². The number of aromatic nitrogens is 2. The molecular weight excluding hydrogens is 356 g/mol. The molecule has 0 unspecified atom stereocenters. The van der Waals surface area contributed by atoms with Crippen molar-refractivity contribution in [2.75, 3.05) is 5.75 Å². The molecule has 4 nitrogen and oxygen atoms in total. The van der Waals surface area contributed by atoms with Gasteiger partial charge >= 0.3 is 0 Å². The van der Waals surface area contributed by atoms with E-state index in [9.17, 15) is 9.59 Å². The van der Waals surface area contributed by atoms with Crippen molar-refractivity contribution in [3.05, 3.63) is 75.2 Å². The van der Waals surface area contributed by atoms with Gasteiger partial charge in [-0.1, -0.05) is 49.0 Å². The number of carbonyl (C=O) groups excluding carboxylic acids is 1. The third-order valence-electron chi connectivity index (χ3n) is 5.00. The Bertz CT molecular complexity index is 1000. The molecule has 2 aliphatic rings. The van der Waals surface area contributed by atoms with Crippen LogP contribution in [0.1, 0.15) is 48.7 Å². The van der Waals surface area contributed by atoms with Crippen LogP contribution in [-0.4, -0.2) is 21.1 Å². The molecule has 0 fully saturated rings. The molecule has 0 saturated carbocycles. The summed E-state index contributed by atoms with van der Waals surface area (Å²) in [6, 6.07) is 9.47. The van der Waals surface area contributed by atoms with E-state index in [4.69, 9.17) is 4.98 Å². The van der Waals surface area contributed by atoms with Gasteiger partial charge in [0.2, 0.25) is 0 Å². The molecule has 0 bridgehead atoms. The Balaban J connectivity index is 1.96. The van der Waals surface area contributed by atoms with Crippen LogP contribution in [0.3, 0.4) is 0 Å². The van der Waals surface area contributed by atoms with Crippen molar-refractivity contribution < 1.29 is 4.79 Å². The number of para-hydroxylation sites is 1. The van der Waals surface area contributed by atoms with E-state index in [0.717, 1.165) is 42.7 Å². The molecule has 138 valence electrons. The molecule has 1 heterocycles. The zero-order valence-corrected chi connectivity index (χ0v) is 16.2. The Morgan fingerprint density at radius 3 is 2.63 bits per heavy atom. The molecule has 27 heavy (non-hydrogen) atoms. The molecule has 0 spiro atoms. The number of rotatable bonds is 3. The maximum atomic E-state index is 13.5. The second kappa shape index (κ2) is 7.69. The number of thioether (sulfide) groups is 1. The van der Waals surface area contributed by atoms with Gasteiger partial charge in [-0.05, 0) is 55.6 Å². The van der Waals surface area contributed by atoms with E-state index in [0.29, 0.717) is 22.8 Å². The average molecular weight is 378 g/mol. The van der Waals surface area contributed by atoms with Gasteiger partial charge in [0.25, 0.3) is 5.56 Å². The van der Waals surface area contributed by atoms with E-state index >= 15 is 0 Å². The third kappa shape index (κ3) is 3.32. The lowest BCUT2D eigenvalue weighted by Gasteiger charge is -2.21. The highest BCUT2D eigenvalue weighted by molar-refractivity contribution is 7.99. The van der Waals surface area contributed by atoms with E-state index < -0.39 is 0 Å². The molecule has 4 rings (SSSR count). The van der Waals surface area contributed by atoms with Gasteiger partial charge in [-0.15, -0.1) is 0 Å². The number of carbonyl (C=O) groups is 1. The van der Waals surface area contributed by atoms with Crippen LogP contribution in [0.2, 0.25) is 0 Å². The van der Waals surface area contributed by atoms with E-state index in [1.807, 2.05) is 43.3 Å². The van der Waals surface area contributed by atoms with Gasteiger partial charge in [-0.25, -0.2) is 4.98 Å². The summed E-state index contributed by atoms with van der Waals surface area (Å²) in [4.78, 5) is 31.6. The van der Waals surface area contributed by atoms with Gasteiger partial charge in [0.15, 0.2) is 10.9 Å². The van der Waals surface area contributed by atoms with Gasteiger partial charge in [0, 0.05) is 5.57 Å². The van der Waals surface area contributed by atoms with Crippen molar-refractivity contribution in [2.24, 2.45) is 0 Å². The maximum Gasteiger partial charge on any atom is 0.270 e. The monoisotopic (exact) mass is 378 g/mol. The van der Waals surface area contributed by atoms with Gasteiger partial charge in [-0.3, -0.25) is 14.2 Å². The summed E-state index contributed by atoms with van der Waals surface area (Å²) in [5.41, 5.74) is 3.19. The summed E-state index contributed by atoms with van der Waals surface area (Å²) in [5.74, 6) is 0.648. The van der Waals surface area contributed by atoms with Crippen molar-refractivity contribution in [2.45, 2.75) is 44.2 Å². The second-order valence-electron chi connectivity index (χ2n) is 6.73. The lowest BCUT2D eigenvalue weighted by Crippen LogP contribution is -2.32. The van der Waals surface area contributed by atoms with E-state index in [1.54, 1.807) is 4.57 Å². The fourth-order valence-corrected chi connectivity index (χ4v) is 4.52. The van der Waals surface area contributed by atoms with Crippen molar-refractivity contribution >= 4 is 17.5 Å². The second-order valence-corrected chi connectivity index (χ2v) is 7.96. The van der Waals surface area contributed by atoms with E-state index in [-0.39, 0.29) is 16.9 Å². The van der Waals surface area contributed by atoms with Crippen LogP contribution in [-0.2, 0) is 6.42 Å². The lowest BCUT2D eigenvalue weighted by atomic mass is 9.85. The highest BCUT2D eigenvalue weighted by atomic mass is 32.2. The van der Waals surface area contributed by atoms with Crippen LogP contribution in [0.15, 0.2) is 63.6 Å². The third-order valence-corrected chi connectivity index (χ3v) is 5.82. The molecule has 0 aliphatic heterocycles. The number of hydrogen-bond donors (Lipinski definition) is 0. The average Bonchev–Trinajstić information content (AvgIpc) is 2.68. The first-order valence-corrected chi connectivity index (χ1v) is 10.5. The molecule has 5 heteroatoms. The Morgan fingerprint density at radius 2 is 1.85 bits per heavy atom. The summed E-state index contributed by atoms with van der Waals surface area (Å²) in [7, 11) is 0. The standard InChI is InChI=1S/C22H22N2O2S/c1-2-27-22-23-18-14-8-10-15-9-6-7-13-17(15)20(25)19(18)21(26)24(22)16-11-4-3-5-12-16/h3-5,9,11-13H,2,6-8,10,14H2,1H3. The molecular formula is C22H22N2O2S. The highest BCUT2D eigenvalue weighted by Gasteiger charge is 2.29. The lowest BCUT2D eigenvalue weighted by molar-refractivity contribution is 0.103. The first-order valence-electron chi connectivity index (χ1n) is 9.49. The molecule has 1 aromatic heterocycles. The van der Waals surface area contributed by atoms with Crippen molar-refractivity contribution in [3.63, 3.8) is 0 Å². The summed E-state index contributed by atoms with van der Waals surface area (Å²) >= 11 is 1.53. The number of fused-ring (bicyclic) bond motifs is 2. The number of aryl methyl sites for hydroxylation is 1. The molecule has 0 atom stereocenters. The number of allylic oxidation sites excluding steroid dienone is 4. The number of Topliss-reactive ketones (excluding diaryl/α,β-unsaturated/α-hetero) is 1. The first-order chi connectivity index (χ1) is 13.2.